The van der Waals surface area contributed by atoms with E-state index in [1.807, 2.05) is 0 Å². The first-order valence-electron chi connectivity index (χ1n) is 6.72. The summed E-state index contributed by atoms with van der Waals surface area (Å²) in [5, 5.41) is 5.15. The van der Waals surface area contributed by atoms with Gasteiger partial charge < -0.3 is 10.3 Å². The molecular formula is C15H18N2. The van der Waals surface area contributed by atoms with Crippen LogP contribution in [0.4, 0.5) is 0 Å². The van der Waals surface area contributed by atoms with Crippen LogP contribution in [0.15, 0.2) is 30.5 Å². The molecule has 3 heterocycles. The van der Waals surface area contributed by atoms with Crippen molar-refractivity contribution in [1.29, 1.82) is 0 Å². The van der Waals surface area contributed by atoms with Crippen LogP contribution in [-0.4, -0.2) is 17.1 Å². The summed E-state index contributed by atoms with van der Waals surface area (Å²) in [6, 6.07) is 10.2. The summed E-state index contributed by atoms with van der Waals surface area (Å²) in [6.07, 6.45) is 7.63. The fourth-order valence-electron chi connectivity index (χ4n) is 3.74. The third kappa shape index (κ3) is 1.51. The Morgan fingerprint density at radius 3 is 2.59 bits per heavy atom. The van der Waals surface area contributed by atoms with Crippen molar-refractivity contribution >= 4 is 10.9 Å². The van der Waals surface area contributed by atoms with Gasteiger partial charge in [0.2, 0.25) is 0 Å². The number of benzene rings is 1. The Bertz CT molecular complexity index is 531. The first-order valence-corrected chi connectivity index (χ1v) is 6.72. The van der Waals surface area contributed by atoms with Crippen LogP contribution < -0.4 is 5.32 Å². The van der Waals surface area contributed by atoms with Crippen LogP contribution in [0, 0.1) is 0 Å². The van der Waals surface area contributed by atoms with Crippen molar-refractivity contribution in [2.75, 3.05) is 0 Å². The SMILES string of the molecule is c1ccc2c(C3CC4CC[C@@H](C3)N4)c[nH]c2c1. The molecule has 2 aromatic rings. The molecule has 2 aliphatic rings. The minimum atomic E-state index is 0.755. The first kappa shape index (κ1) is 9.72. The average Bonchev–Trinajstić information content (AvgIpc) is 2.93. The lowest BCUT2D eigenvalue weighted by molar-refractivity contribution is 0.364. The zero-order valence-corrected chi connectivity index (χ0v) is 9.95. The number of hydrogen-bond donors (Lipinski definition) is 2. The fourth-order valence-corrected chi connectivity index (χ4v) is 3.74. The summed E-state index contributed by atoms with van der Waals surface area (Å²) >= 11 is 0. The molecule has 2 saturated heterocycles. The maximum Gasteiger partial charge on any atom is 0.0456 e. The molecule has 2 nitrogen and oxygen atoms in total. The summed E-state index contributed by atoms with van der Waals surface area (Å²) in [6.45, 7) is 0. The summed E-state index contributed by atoms with van der Waals surface area (Å²) in [7, 11) is 0. The van der Waals surface area contributed by atoms with E-state index in [2.05, 4.69) is 40.8 Å². The molecular weight excluding hydrogens is 208 g/mol. The summed E-state index contributed by atoms with van der Waals surface area (Å²) in [5.74, 6) is 0.755. The van der Waals surface area contributed by atoms with Gasteiger partial charge in [-0.1, -0.05) is 18.2 Å². The van der Waals surface area contributed by atoms with Crippen LogP contribution in [0.5, 0.6) is 0 Å². The first-order chi connectivity index (χ1) is 8.40. The Hall–Kier alpha value is -1.28. The molecule has 1 aromatic carbocycles. The molecule has 0 aliphatic carbocycles. The summed E-state index contributed by atoms with van der Waals surface area (Å²) < 4.78 is 0. The van der Waals surface area contributed by atoms with E-state index in [0.29, 0.717) is 0 Å². The number of para-hydroxylation sites is 1. The molecule has 2 unspecified atom stereocenters. The van der Waals surface area contributed by atoms with Crippen LogP contribution in [0.2, 0.25) is 0 Å². The highest BCUT2D eigenvalue weighted by molar-refractivity contribution is 5.83. The zero-order chi connectivity index (χ0) is 11.2. The Morgan fingerprint density at radius 2 is 1.76 bits per heavy atom. The van der Waals surface area contributed by atoms with E-state index in [9.17, 15) is 0 Å². The van der Waals surface area contributed by atoms with Crippen molar-refractivity contribution in [3.05, 3.63) is 36.0 Å². The van der Waals surface area contributed by atoms with Crippen molar-refractivity contribution in [2.24, 2.45) is 0 Å². The molecule has 2 N–H and O–H groups in total. The highest BCUT2D eigenvalue weighted by Gasteiger charge is 2.34. The minimum absolute atomic E-state index is 0.755. The lowest BCUT2D eigenvalue weighted by atomic mass is 9.86. The van der Waals surface area contributed by atoms with Gasteiger partial charge in [-0.3, -0.25) is 0 Å². The van der Waals surface area contributed by atoms with E-state index in [1.54, 1.807) is 5.56 Å². The molecule has 88 valence electrons. The Labute approximate surface area is 101 Å². The van der Waals surface area contributed by atoms with Gasteiger partial charge in [0.05, 0.1) is 0 Å². The van der Waals surface area contributed by atoms with Crippen LogP contribution in [0.25, 0.3) is 10.9 Å². The molecule has 1 aromatic heterocycles. The third-order valence-corrected chi connectivity index (χ3v) is 4.53. The monoisotopic (exact) mass is 226 g/mol. The van der Waals surface area contributed by atoms with E-state index in [4.69, 9.17) is 0 Å². The number of aromatic amines is 1. The number of piperidine rings is 1. The van der Waals surface area contributed by atoms with E-state index in [-0.39, 0.29) is 0 Å². The van der Waals surface area contributed by atoms with Crippen molar-refractivity contribution < 1.29 is 0 Å². The minimum Gasteiger partial charge on any atom is -0.361 e. The number of fused-ring (bicyclic) bond motifs is 3. The highest BCUT2D eigenvalue weighted by atomic mass is 15.0. The molecule has 2 heteroatoms. The van der Waals surface area contributed by atoms with Crippen molar-refractivity contribution in [3.8, 4) is 0 Å². The molecule has 0 radical (unpaired) electrons. The second-order valence-corrected chi connectivity index (χ2v) is 5.60. The Balaban J connectivity index is 1.74. The number of aromatic nitrogens is 1. The van der Waals surface area contributed by atoms with Gasteiger partial charge in [0, 0.05) is 29.2 Å². The quantitative estimate of drug-likeness (QED) is 0.768. The van der Waals surface area contributed by atoms with Gasteiger partial charge in [0.1, 0.15) is 0 Å². The standard InChI is InChI=1S/C15H18N2/c1-2-4-15-13(3-1)14(9-16-15)10-7-11-5-6-12(8-10)17-11/h1-4,9-12,16-17H,5-8H2/t10?,11-,12?/m0/s1. The second kappa shape index (κ2) is 3.61. The smallest absolute Gasteiger partial charge is 0.0456 e. The third-order valence-electron chi connectivity index (χ3n) is 4.53. The van der Waals surface area contributed by atoms with E-state index in [1.165, 1.54) is 36.6 Å². The number of rotatable bonds is 1. The summed E-state index contributed by atoms with van der Waals surface area (Å²) in [5.41, 5.74) is 2.83. The van der Waals surface area contributed by atoms with Crippen LogP contribution in [-0.2, 0) is 0 Å². The Morgan fingerprint density at radius 1 is 1.00 bits per heavy atom. The predicted molar refractivity (Wildman–Crippen MR) is 70.2 cm³/mol. The van der Waals surface area contributed by atoms with Crippen molar-refractivity contribution in [2.45, 2.75) is 43.7 Å². The number of H-pyrrole nitrogens is 1. The molecule has 3 atom stereocenters. The van der Waals surface area contributed by atoms with Crippen LogP contribution >= 0.6 is 0 Å². The van der Waals surface area contributed by atoms with Gasteiger partial charge in [-0.05, 0) is 43.2 Å². The van der Waals surface area contributed by atoms with Crippen molar-refractivity contribution in [1.82, 2.24) is 10.3 Å². The molecule has 17 heavy (non-hydrogen) atoms. The van der Waals surface area contributed by atoms with E-state index < -0.39 is 0 Å². The predicted octanol–water partition coefficient (Wildman–Crippen LogP) is 3.17. The molecule has 0 spiro atoms. The van der Waals surface area contributed by atoms with Gasteiger partial charge in [-0.15, -0.1) is 0 Å². The molecule has 2 bridgehead atoms. The normalized spacial score (nSPS) is 32.1. The number of hydrogen-bond acceptors (Lipinski definition) is 1. The average molecular weight is 226 g/mol. The molecule has 0 amide bonds. The molecule has 4 rings (SSSR count). The zero-order valence-electron chi connectivity index (χ0n) is 9.95. The topological polar surface area (TPSA) is 27.8 Å². The largest absolute Gasteiger partial charge is 0.361 e. The maximum atomic E-state index is 3.72. The summed E-state index contributed by atoms with van der Waals surface area (Å²) in [4.78, 5) is 3.42. The lowest BCUT2D eigenvalue weighted by Crippen LogP contribution is -2.37. The second-order valence-electron chi connectivity index (χ2n) is 5.60. The Kier molecular flexibility index (Phi) is 2.06. The maximum absolute atomic E-state index is 3.72. The highest BCUT2D eigenvalue weighted by Crippen LogP contribution is 2.39. The number of nitrogens with one attached hydrogen (secondary N) is 2. The van der Waals surface area contributed by atoms with E-state index in [0.717, 1.165) is 18.0 Å². The fraction of sp³-hybridized carbons (Fsp3) is 0.467. The van der Waals surface area contributed by atoms with Crippen LogP contribution in [0.1, 0.15) is 37.2 Å². The molecule has 2 aliphatic heterocycles. The van der Waals surface area contributed by atoms with Gasteiger partial charge in [-0.2, -0.15) is 0 Å². The molecule has 2 fully saturated rings. The van der Waals surface area contributed by atoms with Gasteiger partial charge in [0.15, 0.2) is 0 Å². The van der Waals surface area contributed by atoms with Gasteiger partial charge >= 0.3 is 0 Å². The lowest BCUT2D eigenvalue weighted by Gasteiger charge is -2.29. The van der Waals surface area contributed by atoms with Gasteiger partial charge in [-0.25, -0.2) is 0 Å². The van der Waals surface area contributed by atoms with E-state index >= 15 is 0 Å². The molecule has 0 saturated carbocycles. The van der Waals surface area contributed by atoms with Gasteiger partial charge in [0.25, 0.3) is 0 Å². The van der Waals surface area contributed by atoms with Crippen LogP contribution in [0.3, 0.4) is 0 Å². The van der Waals surface area contributed by atoms with Crippen molar-refractivity contribution in [3.63, 3.8) is 0 Å².